The van der Waals surface area contributed by atoms with Gasteiger partial charge in [0.15, 0.2) is 5.65 Å². The number of nitrogens with zero attached hydrogens (tertiary/aromatic N) is 4. The zero-order chi connectivity index (χ0) is 19.1. The molecule has 0 atom stereocenters. The minimum absolute atomic E-state index is 0.188. The van der Waals surface area contributed by atoms with Crippen LogP contribution in [0.25, 0.3) is 16.9 Å². The van der Waals surface area contributed by atoms with Gasteiger partial charge in [0.25, 0.3) is 0 Å². The van der Waals surface area contributed by atoms with E-state index in [1.54, 1.807) is 18.6 Å². The fourth-order valence-corrected chi connectivity index (χ4v) is 3.61. The first-order valence-electron chi connectivity index (χ1n) is 8.85. The van der Waals surface area contributed by atoms with Crippen molar-refractivity contribution in [3.8, 4) is 11.3 Å². The average Bonchev–Trinajstić information content (AvgIpc) is 3.29. The third-order valence-electron chi connectivity index (χ3n) is 4.91. The first-order valence-corrected chi connectivity index (χ1v) is 8.85. The van der Waals surface area contributed by atoms with E-state index in [1.807, 2.05) is 28.8 Å². The van der Waals surface area contributed by atoms with Crippen molar-refractivity contribution in [2.24, 2.45) is 5.16 Å². The number of aryl methyl sites for hydroxylation is 1. The first kappa shape index (κ1) is 16.2. The van der Waals surface area contributed by atoms with Crippen molar-refractivity contribution >= 4 is 22.9 Å². The predicted molar refractivity (Wildman–Crippen MR) is 105 cm³/mol. The van der Waals surface area contributed by atoms with E-state index in [0.29, 0.717) is 22.6 Å². The smallest absolute Gasteiger partial charge is 0.248 e. The van der Waals surface area contributed by atoms with Crippen LogP contribution in [0.1, 0.15) is 17.5 Å². The summed E-state index contributed by atoms with van der Waals surface area (Å²) >= 11 is 0. The number of H-pyrrole nitrogens is 1. The summed E-state index contributed by atoms with van der Waals surface area (Å²) < 4.78 is 1.90. The second-order valence-corrected chi connectivity index (χ2v) is 6.60. The highest BCUT2D eigenvalue weighted by atomic mass is 16.4. The lowest BCUT2D eigenvalue weighted by Gasteiger charge is -2.10. The normalized spacial score (nSPS) is 14.5. The molecule has 0 bridgehead atoms. The molecule has 0 saturated heterocycles. The molecule has 4 aromatic rings. The van der Waals surface area contributed by atoms with Crippen molar-refractivity contribution in [3.63, 3.8) is 0 Å². The van der Waals surface area contributed by atoms with Crippen molar-refractivity contribution in [1.82, 2.24) is 19.4 Å². The molecule has 0 spiro atoms. The van der Waals surface area contributed by atoms with Crippen LogP contribution >= 0.6 is 0 Å². The molecule has 3 heterocycles. The van der Waals surface area contributed by atoms with Crippen LogP contribution in [0.5, 0.6) is 0 Å². The fraction of sp³-hybridized carbons (Fsp3) is 0.100. The fourth-order valence-electron chi connectivity index (χ4n) is 3.61. The topological polar surface area (TPSA) is 108 Å². The number of imidazole rings is 1. The van der Waals surface area contributed by atoms with Crippen molar-refractivity contribution in [3.05, 3.63) is 76.6 Å². The van der Waals surface area contributed by atoms with Gasteiger partial charge in [0.2, 0.25) is 5.56 Å². The largest absolute Gasteiger partial charge is 0.411 e. The first-order chi connectivity index (χ1) is 13.7. The maximum atomic E-state index is 11.8. The lowest BCUT2D eigenvalue weighted by Crippen LogP contribution is -2.03. The van der Waals surface area contributed by atoms with Crippen molar-refractivity contribution in [2.75, 3.05) is 5.32 Å². The SMILES string of the molecule is O=c1cc(-c2nc3cnccn3c2Nc2ccc3c(c2)CC/C3=N\O)cc[nH]1. The third-order valence-corrected chi connectivity index (χ3v) is 4.91. The Hall–Kier alpha value is -3.94. The number of aromatic nitrogens is 4. The van der Waals surface area contributed by atoms with Gasteiger partial charge in [-0.1, -0.05) is 11.2 Å². The molecule has 1 aliphatic carbocycles. The van der Waals surface area contributed by atoms with E-state index >= 15 is 0 Å². The van der Waals surface area contributed by atoms with Crippen LogP contribution in [0.4, 0.5) is 11.5 Å². The Morgan fingerprint density at radius 2 is 2.14 bits per heavy atom. The minimum atomic E-state index is -0.188. The molecule has 0 amide bonds. The maximum absolute atomic E-state index is 11.8. The molecule has 0 aliphatic heterocycles. The number of oxime groups is 1. The number of hydrogen-bond donors (Lipinski definition) is 3. The Morgan fingerprint density at radius 1 is 1.21 bits per heavy atom. The second-order valence-electron chi connectivity index (χ2n) is 6.60. The molecule has 1 aromatic carbocycles. The summed E-state index contributed by atoms with van der Waals surface area (Å²) in [6.45, 7) is 0. The standard InChI is InChI=1S/C20H16N6O2/c27-18-10-13(5-6-22-18)19-20(26-8-7-21-11-17(26)24-19)23-14-2-3-15-12(9-14)1-4-16(15)25-28/h2-3,5-11,23,28H,1,4H2,(H,22,27)/b25-16+. The average molecular weight is 372 g/mol. The molecule has 8 heteroatoms. The molecule has 0 saturated carbocycles. The van der Waals surface area contributed by atoms with Crippen LogP contribution in [-0.4, -0.2) is 30.3 Å². The molecule has 0 fully saturated rings. The summed E-state index contributed by atoms with van der Waals surface area (Å²) in [4.78, 5) is 23.2. The Bertz CT molecular complexity index is 1290. The summed E-state index contributed by atoms with van der Waals surface area (Å²) in [5.74, 6) is 0.747. The minimum Gasteiger partial charge on any atom is -0.411 e. The molecule has 28 heavy (non-hydrogen) atoms. The lowest BCUT2D eigenvalue weighted by molar-refractivity contribution is 0.318. The summed E-state index contributed by atoms with van der Waals surface area (Å²) in [6, 6.07) is 9.28. The van der Waals surface area contributed by atoms with Gasteiger partial charge in [0.05, 0.1) is 11.9 Å². The highest BCUT2D eigenvalue weighted by Crippen LogP contribution is 2.32. The van der Waals surface area contributed by atoms with E-state index in [4.69, 9.17) is 5.21 Å². The van der Waals surface area contributed by atoms with Gasteiger partial charge in [-0.25, -0.2) is 4.98 Å². The van der Waals surface area contributed by atoms with E-state index in [1.165, 1.54) is 6.07 Å². The van der Waals surface area contributed by atoms with Crippen LogP contribution in [0, 0.1) is 0 Å². The molecule has 138 valence electrons. The Morgan fingerprint density at radius 3 is 3.00 bits per heavy atom. The van der Waals surface area contributed by atoms with Crippen molar-refractivity contribution < 1.29 is 5.21 Å². The van der Waals surface area contributed by atoms with Crippen LogP contribution in [-0.2, 0) is 6.42 Å². The van der Waals surface area contributed by atoms with E-state index in [9.17, 15) is 4.79 Å². The van der Waals surface area contributed by atoms with Crippen LogP contribution in [0.15, 0.2) is 65.1 Å². The summed E-state index contributed by atoms with van der Waals surface area (Å²) in [7, 11) is 0. The van der Waals surface area contributed by atoms with Gasteiger partial charge in [-0.2, -0.15) is 0 Å². The number of aromatic amines is 1. The van der Waals surface area contributed by atoms with Gasteiger partial charge in [-0.3, -0.25) is 14.2 Å². The van der Waals surface area contributed by atoms with Crippen LogP contribution in [0.3, 0.4) is 0 Å². The van der Waals surface area contributed by atoms with E-state index in [-0.39, 0.29) is 5.56 Å². The van der Waals surface area contributed by atoms with Gasteiger partial charge in [0, 0.05) is 41.5 Å². The maximum Gasteiger partial charge on any atom is 0.248 e. The van der Waals surface area contributed by atoms with Crippen LogP contribution < -0.4 is 10.9 Å². The zero-order valence-corrected chi connectivity index (χ0v) is 14.8. The van der Waals surface area contributed by atoms with Gasteiger partial charge in [0.1, 0.15) is 11.5 Å². The molecular formula is C20H16N6O2. The summed E-state index contributed by atoms with van der Waals surface area (Å²) in [6.07, 6.45) is 8.36. The summed E-state index contributed by atoms with van der Waals surface area (Å²) in [5, 5.41) is 15.9. The molecule has 8 nitrogen and oxygen atoms in total. The number of pyridine rings is 1. The summed E-state index contributed by atoms with van der Waals surface area (Å²) in [5.41, 5.74) is 5.58. The van der Waals surface area contributed by atoms with E-state index < -0.39 is 0 Å². The quantitative estimate of drug-likeness (QED) is 0.379. The Kier molecular flexibility index (Phi) is 3.68. The van der Waals surface area contributed by atoms with Gasteiger partial charge in [-0.05, 0) is 36.6 Å². The number of benzene rings is 1. The van der Waals surface area contributed by atoms with Crippen molar-refractivity contribution in [1.29, 1.82) is 0 Å². The van der Waals surface area contributed by atoms with Crippen molar-refractivity contribution in [2.45, 2.75) is 12.8 Å². The van der Waals surface area contributed by atoms with Gasteiger partial charge in [-0.15, -0.1) is 0 Å². The lowest BCUT2D eigenvalue weighted by atomic mass is 10.1. The highest BCUT2D eigenvalue weighted by molar-refractivity contribution is 6.04. The Labute approximate surface area is 159 Å². The van der Waals surface area contributed by atoms with Gasteiger partial charge < -0.3 is 15.5 Å². The molecule has 0 unspecified atom stereocenters. The van der Waals surface area contributed by atoms with Gasteiger partial charge >= 0.3 is 0 Å². The highest BCUT2D eigenvalue weighted by Gasteiger charge is 2.20. The third kappa shape index (κ3) is 2.62. The molecule has 0 radical (unpaired) electrons. The Balaban J connectivity index is 1.63. The van der Waals surface area contributed by atoms with Crippen LogP contribution in [0.2, 0.25) is 0 Å². The number of fused-ring (bicyclic) bond motifs is 2. The molecule has 1 aliphatic rings. The monoisotopic (exact) mass is 372 g/mol. The number of anilines is 2. The number of nitrogens with one attached hydrogen (secondary N) is 2. The molecule has 3 aromatic heterocycles. The predicted octanol–water partition coefficient (Wildman–Crippen LogP) is 2.95. The van der Waals surface area contributed by atoms with E-state index in [0.717, 1.165) is 35.5 Å². The molecular weight excluding hydrogens is 356 g/mol. The zero-order valence-electron chi connectivity index (χ0n) is 14.8. The second kappa shape index (κ2) is 6.34. The molecule has 3 N–H and O–H groups in total. The number of hydrogen-bond acceptors (Lipinski definition) is 6. The molecule has 5 rings (SSSR count). The van der Waals surface area contributed by atoms with E-state index in [2.05, 4.69) is 31.5 Å². The number of rotatable bonds is 3.